The summed E-state index contributed by atoms with van der Waals surface area (Å²) in [5.74, 6) is 2.73. The molecule has 146 valence electrons. The highest BCUT2D eigenvalue weighted by atomic mass is 32.2. The summed E-state index contributed by atoms with van der Waals surface area (Å²) in [6.07, 6.45) is 0. The molecule has 29 heavy (non-hydrogen) atoms. The van der Waals surface area contributed by atoms with E-state index in [9.17, 15) is 0 Å². The molecule has 0 bridgehead atoms. The van der Waals surface area contributed by atoms with Crippen LogP contribution in [0.4, 0.5) is 5.69 Å². The Morgan fingerprint density at radius 1 is 1.10 bits per heavy atom. The number of hydrogen-bond donors (Lipinski definition) is 1. The van der Waals surface area contributed by atoms with Crippen molar-refractivity contribution in [1.82, 2.24) is 14.6 Å². The number of thioether (sulfide) groups is 1. The van der Waals surface area contributed by atoms with Crippen molar-refractivity contribution in [3.63, 3.8) is 0 Å². The molecule has 2 aromatic heterocycles. The number of nitrogen functional groups attached to an aromatic ring is 1. The van der Waals surface area contributed by atoms with Crippen molar-refractivity contribution >= 4 is 23.1 Å². The Bertz CT molecular complexity index is 1210. The van der Waals surface area contributed by atoms with Crippen LogP contribution in [0, 0.1) is 0 Å². The Morgan fingerprint density at radius 2 is 1.97 bits per heavy atom. The average Bonchev–Trinajstić information content (AvgIpc) is 3.36. The number of rotatable bonds is 5. The first-order chi connectivity index (χ1) is 14.2. The zero-order valence-corrected chi connectivity index (χ0v) is 16.5. The lowest BCUT2D eigenvalue weighted by atomic mass is 10.1. The molecule has 0 saturated heterocycles. The fraction of sp³-hybridized carbons (Fsp3) is 0.143. The molecule has 0 radical (unpaired) electrons. The van der Waals surface area contributed by atoms with E-state index in [1.165, 1.54) is 0 Å². The number of anilines is 1. The van der Waals surface area contributed by atoms with Gasteiger partial charge in [0.25, 0.3) is 0 Å². The second-order valence-corrected chi connectivity index (χ2v) is 7.46. The van der Waals surface area contributed by atoms with Crippen LogP contribution < -0.4 is 19.9 Å². The third-order valence-electron chi connectivity index (χ3n) is 4.68. The number of fused-ring (bicyclic) bond motifs is 2. The molecule has 0 unspecified atom stereocenters. The minimum absolute atomic E-state index is 0.231. The standard InChI is InChI=1S/C21H18N4O3S/c1-26-21-20(13-6-7-16-17(10-13)28-12-27-16)23-18-8-9-19(24-25(18)21)29-11-14-4-2-3-5-15(14)22/h2-10H,11-12,22H2,1H3. The number of nitrogens with zero attached hydrogens (tertiary/aromatic N) is 3. The van der Waals surface area contributed by atoms with Crippen molar-refractivity contribution in [2.24, 2.45) is 0 Å². The Labute approximate surface area is 171 Å². The van der Waals surface area contributed by atoms with Crippen molar-refractivity contribution in [3.8, 4) is 28.6 Å². The predicted molar refractivity (Wildman–Crippen MR) is 112 cm³/mol. The molecule has 0 atom stereocenters. The molecule has 0 amide bonds. The van der Waals surface area contributed by atoms with E-state index in [1.54, 1.807) is 23.4 Å². The molecule has 7 nitrogen and oxygen atoms in total. The first kappa shape index (κ1) is 17.7. The fourth-order valence-electron chi connectivity index (χ4n) is 3.21. The van der Waals surface area contributed by atoms with E-state index in [0.717, 1.165) is 33.3 Å². The maximum Gasteiger partial charge on any atom is 0.243 e. The summed E-state index contributed by atoms with van der Waals surface area (Å²) in [7, 11) is 1.62. The summed E-state index contributed by atoms with van der Waals surface area (Å²) in [5.41, 5.74) is 10.2. The van der Waals surface area contributed by atoms with Gasteiger partial charge in [-0.15, -0.1) is 0 Å². The van der Waals surface area contributed by atoms with E-state index >= 15 is 0 Å². The van der Waals surface area contributed by atoms with Crippen molar-refractivity contribution in [2.45, 2.75) is 10.8 Å². The van der Waals surface area contributed by atoms with Gasteiger partial charge in [0, 0.05) is 17.0 Å². The van der Waals surface area contributed by atoms with Gasteiger partial charge in [-0.05, 0) is 42.0 Å². The van der Waals surface area contributed by atoms with Crippen LogP contribution in [0.1, 0.15) is 5.56 Å². The van der Waals surface area contributed by atoms with E-state index in [2.05, 4.69) is 0 Å². The van der Waals surface area contributed by atoms with Crippen LogP contribution in [0.15, 0.2) is 59.6 Å². The number of benzene rings is 2. The molecular formula is C21H18N4O3S. The van der Waals surface area contributed by atoms with Crippen molar-refractivity contribution in [1.29, 1.82) is 0 Å². The van der Waals surface area contributed by atoms with Crippen molar-refractivity contribution in [2.75, 3.05) is 19.6 Å². The summed E-state index contributed by atoms with van der Waals surface area (Å²) in [5, 5.41) is 5.56. The van der Waals surface area contributed by atoms with Gasteiger partial charge < -0.3 is 19.9 Å². The van der Waals surface area contributed by atoms with Gasteiger partial charge in [0.1, 0.15) is 10.7 Å². The SMILES string of the molecule is COc1c(-c2ccc3c(c2)OCO3)nc2ccc(SCc3ccccc3N)nn12. The van der Waals surface area contributed by atoms with Gasteiger partial charge in [-0.2, -0.15) is 9.61 Å². The topological polar surface area (TPSA) is 83.9 Å². The molecule has 3 heterocycles. The second-order valence-electron chi connectivity index (χ2n) is 6.47. The maximum absolute atomic E-state index is 6.04. The fourth-order valence-corrected chi connectivity index (χ4v) is 4.08. The van der Waals surface area contributed by atoms with Gasteiger partial charge >= 0.3 is 0 Å². The average molecular weight is 406 g/mol. The number of ether oxygens (including phenoxy) is 3. The van der Waals surface area contributed by atoms with E-state index in [1.807, 2.05) is 54.6 Å². The number of methoxy groups -OCH3 is 1. The maximum atomic E-state index is 6.04. The molecule has 0 spiro atoms. The van der Waals surface area contributed by atoms with Gasteiger partial charge in [0.2, 0.25) is 12.7 Å². The number of imidazole rings is 1. The monoisotopic (exact) mass is 406 g/mol. The number of aromatic nitrogens is 3. The molecule has 2 N–H and O–H groups in total. The largest absolute Gasteiger partial charge is 0.479 e. The van der Waals surface area contributed by atoms with E-state index in [0.29, 0.717) is 23.0 Å². The van der Waals surface area contributed by atoms with Crippen molar-refractivity contribution in [3.05, 3.63) is 60.2 Å². The Kier molecular flexibility index (Phi) is 4.40. The number of nitrogens with two attached hydrogens (primary N) is 1. The van der Waals surface area contributed by atoms with Crippen LogP contribution >= 0.6 is 11.8 Å². The van der Waals surface area contributed by atoms with E-state index in [-0.39, 0.29) is 6.79 Å². The number of hydrogen-bond acceptors (Lipinski definition) is 7. The quantitative estimate of drug-likeness (QED) is 0.396. The Hall–Kier alpha value is -3.39. The Balaban J connectivity index is 1.49. The lowest BCUT2D eigenvalue weighted by Gasteiger charge is -2.06. The Morgan fingerprint density at radius 3 is 2.83 bits per heavy atom. The lowest BCUT2D eigenvalue weighted by Crippen LogP contribution is -1.98. The molecular weight excluding hydrogens is 388 g/mol. The third-order valence-corrected chi connectivity index (χ3v) is 5.65. The summed E-state index contributed by atoms with van der Waals surface area (Å²) in [6.45, 7) is 0.231. The number of para-hydroxylation sites is 1. The lowest BCUT2D eigenvalue weighted by molar-refractivity contribution is 0.174. The minimum Gasteiger partial charge on any atom is -0.479 e. The zero-order valence-electron chi connectivity index (χ0n) is 15.7. The molecule has 8 heteroatoms. The van der Waals surface area contributed by atoms with Gasteiger partial charge in [0.05, 0.1) is 7.11 Å². The summed E-state index contributed by atoms with van der Waals surface area (Å²) in [4.78, 5) is 4.70. The van der Waals surface area contributed by atoms with E-state index < -0.39 is 0 Å². The molecule has 0 saturated carbocycles. The molecule has 1 aliphatic heterocycles. The highest BCUT2D eigenvalue weighted by Crippen LogP contribution is 2.38. The van der Waals surface area contributed by atoms with Gasteiger partial charge in [0.15, 0.2) is 17.1 Å². The third kappa shape index (κ3) is 3.21. The van der Waals surface area contributed by atoms with Crippen LogP contribution in [0.2, 0.25) is 0 Å². The molecule has 4 aromatic rings. The van der Waals surface area contributed by atoms with Crippen LogP contribution in [-0.4, -0.2) is 28.5 Å². The second kappa shape index (κ2) is 7.21. The van der Waals surface area contributed by atoms with Crippen LogP contribution in [0.25, 0.3) is 16.9 Å². The normalized spacial score (nSPS) is 12.4. The smallest absolute Gasteiger partial charge is 0.243 e. The zero-order chi connectivity index (χ0) is 19.8. The molecule has 2 aromatic carbocycles. The first-order valence-electron chi connectivity index (χ1n) is 9.03. The highest BCUT2D eigenvalue weighted by Gasteiger charge is 2.20. The van der Waals surface area contributed by atoms with Gasteiger partial charge in [-0.1, -0.05) is 30.0 Å². The predicted octanol–water partition coefficient (Wildman–Crippen LogP) is 4.01. The van der Waals surface area contributed by atoms with Gasteiger partial charge in [-0.25, -0.2) is 4.98 Å². The van der Waals surface area contributed by atoms with Crippen molar-refractivity contribution < 1.29 is 14.2 Å². The minimum atomic E-state index is 0.231. The molecule has 0 aliphatic carbocycles. The molecule has 0 fully saturated rings. The van der Waals surface area contributed by atoms with Crippen LogP contribution in [-0.2, 0) is 5.75 Å². The summed E-state index contributed by atoms with van der Waals surface area (Å²) < 4.78 is 18.2. The first-order valence-corrected chi connectivity index (χ1v) is 10.0. The van der Waals surface area contributed by atoms with Gasteiger partial charge in [-0.3, -0.25) is 0 Å². The highest BCUT2D eigenvalue weighted by molar-refractivity contribution is 7.98. The summed E-state index contributed by atoms with van der Waals surface area (Å²) in [6, 6.07) is 17.4. The van der Waals surface area contributed by atoms with E-state index in [4.69, 9.17) is 30.0 Å². The molecule has 1 aliphatic rings. The summed E-state index contributed by atoms with van der Waals surface area (Å²) >= 11 is 1.61. The molecule has 5 rings (SSSR count). The van der Waals surface area contributed by atoms with Crippen LogP contribution in [0.3, 0.4) is 0 Å². The van der Waals surface area contributed by atoms with Crippen LogP contribution in [0.5, 0.6) is 17.4 Å².